The molecule has 0 atom stereocenters. The van der Waals surface area contributed by atoms with Crippen LogP contribution in [0.2, 0.25) is 5.02 Å². The lowest BCUT2D eigenvalue weighted by molar-refractivity contribution is -0.132. The molecule has 138 valence electrons. The van der Waals surface area contributed by atoms with Crippen LogP contribution in [0.5, 0.6) is 0 Å². The molecule has 7 heteroatoms. The highest BCUT2D eigenvalue weighted by Gasteiger charge is 2.22. The van der Waals surface area contributed by atoms with Crippen LogP contribution in [-0.4, -0.2) is 33.4 Å². The van der Waals surface area contributed by atoms with Crippen molar-refractivity contribution in [3.8, 4) is 0 Å². The molecule has 5 nitrogen and oxygen atoms in total. The molecular formula is C19H22ClFN4O. The zero-order valence-corrected chi connectivity index (χ0v) is 15.7. The first-order valence-electron chi connectivity index (χ1n) is 8.75. The first kappa shape index (κ1) is 18.6. The third-order valence-electron chi connectivity index (χ3n) is 4.34. The minimum Gasteiger partial charge on any atom is -0.352 e. The van der Waals surface area contributed by atoms with Crippen molar-refractivity contribution in [2.75, 3.05) is 11.9 Å². The van der Waals surface area contributed by atoms with E-state index in [4.69, 9.17) is 11.6 Å². The molecular weight excluding hydrogens is 355 g/mol. The average Bonchev–Trinajstić information content (AvgIpc) is 2.59. The fourth-order valence-corrected chi connectivity index (χ4v) is 3.13. The van der Waals surface area contributed by atoms with E-state index in [0.717, 1.165) is 17.7 Å². The standard InChI is InChI=1S/C19H22ClFN4O/c1-12(2)23-19-22-10-14-7-8-25(11-17(14)24-19)18(26)6-4-13-3-5-15(20)9-16(13)21/h3,5,9-10,12H,4,6-8,11H2,1-2H3,(H,22,23,24). The number of amides is 1. The molecule has 0 unspecified atom stereocenters. The number of halogens is 2. The Kier molecular flexibility index (Phi) is 5.71. The van der Waals surface area contributed by atoms with Gasteiger partial charge >= 0.3 is 0 Å². The second kappa shape index (κ2) is 7.99. The first-order valence-corrected chi connectivity index (χ1v) is 9.13. The summed E-state index contributed by atoms with van der Waals surface area (Å²) < 4.78 is 13.9. The van der Waals surface area contributed by atoms with Crippen molar-refractivity contribution in [3.63, 3.8) is 0 Å². The summed E-state index contributed by atoms with van der Waals surface area (Å²) in [6.45, 7) is 5.14. The van der Waals surface area contributed by atoms with Gasteiger partial charge in [0.05, 0.1) is 12.2 Å². The van der Waals surface area contributed by atoms with E-state index < -0.39 is 0 Å². The largest absolute Gasteiger partial charge is 0.352 e. The van der Waals surface area contributed by atoms with Gasteiger partial charge in [-0.3, -0.25) is 4.79 Å². The SMILES string of the molecule is CC(C)Nc1ncc2c(n1)CN(C(=O)CCc1ccc(Cl)cc1F)CC2. The van der Waals surface area contributed by atoms with E-state index in [9.17, 15) is 9.18 Å². The highest BCUT2D eigenvalue weighted by molar-refractivity contribution is 6.30. The normalized spacial score (nSPS) is 13.7. The van der Waals surface area contributed by atoms with Gasteiger partial charge in [0.2, 0.25) is 11.9 Å². The Hall–Kier alpha value is -2.21. The van der Waals surface area contributed by atoms with Gasteiger partial charge in [0.25, 0.3) is 0 Å². The van der Waals surface area contributed by atoms with Crippen LogP contribution in [-0.2, 0) is 24.2 Å². The quantitative estimate of drug-likeness (QED) is 0.866. The van der Waals surface area contributed by atoms with Gasteiger partial charge in [0.15, 0.2) is 0 Å². The molecule has 0 radical (unpaired) electrons. The zero-order valence-electron chi connectivity index (χ0n) is 14.9. The van der Waals surface area contributed by atoms with Crippen molar-refractivity contribution >= 4 is 23.5 Å². The molecule has 2 aromatic rings. The van der Waals surface area contributed by atoms with Crippen LogP contribution < -0.4 is 5.32 Å². The number of hydrogen-bond acceptors (Lipinski definition) is 4. The minimum absolute atomic E-state index is 0.00183. The number of nitrogens with one attached hydrogen (secondary N) is 1. The van der Waals surface area contributed by atoms with Crippen molar-refractivity contribution in [2.45, 2.75) is 45.7 Å². The van der Waals surface area contributed by atoms with Gasteiger partial charge in [0, 0.05) is 30.2 Å². The Morgan fingerprint density at radius 3 is 2.96 bits per heavy atom. The fourth-order valence-electron chi connectivity index (χ4n) is 2.97. The lowest BCUT2D eigenvalue weighted by Crippen LogP contribution is -2.37. The Morgan fingerprint density at radius 2 is 2.23 bits per heavy atom. The second-order valence-corrected chi connectivity index (χ2v) is 7.20. The summed E-state index contributed by atoms with van der Waals surface area (Å²) in [4.78, 5) is 23.2. The van der Waals surface area contributed by atoms with Crippen LogP contribution in [0.15, 0.2) is 24.4 Å². The van der Waals surface area contributed by atoms with E-state index >= 15 is 0 Å². The summed E-state index contributed by atoms with van der Waals surface area (Å²) in [6, 6.07) is 4.79. The number of hydrogen-bond donors (Lipinski definition) is 1. The highest BCUT2D eigenvalue weighted by Crippen LogP contribution is 2.20. The molecule has 1 aromatic carbocycles. The van der Waals surface area contributed by atoms with Gasteiger partial charge in [-0.15, -0.1) is 0 Å². The summed E-state index contributed by atoms with van der Waals surface area (Å²) in [6.07, 6.45) is 3.18. The molecule has 0 saturated heterocycles. The fraction of sp³-hybridized carbons (Fsp3) is 0.421. The average molecular weight is 377 g/mol. The third kappa shape index (κ3) is 4.49. The molecule has 0 spiro atoms. The maximum Gasteiger partial charge on any atom is 0.223 e. The maximum absolute atomic E-state index is 13.9. The van der Waals surface area contributed by atoms with Crippen LogP contribution in [0.25, 0.3) is 0 Å². The van der Waals surface area contributed by atoms with Crippen LogP contribution in [0.4, 0.5) is 10.3 Å². The number of rotatable bonds is 5. The number of aromatic nitrogens is 2. The van der Waals surface area contributed by atoms with Gasteiger partial charge in [-0.05, 0) is 49.9 Å². The van der Waals surface area contributed by atoms with Crippen LogP contribution in [0.1, 0.15) is 37.1 Å². The van der Waals surface area contributed by atoms with Crippen molar-refractivity contribution in [1.29, 1.82) is 0 Å². The van der Waals surface area contributed by atoms with Crippen LogP contribution in [0.3, 0.4) is 0 Å². The van der Waals surface area contributed by atoms with E-state index in [1.54, 1.807) is 17.0 Å². The molecule has 1 aliphatic rings. The number of aryl methyl sites for hydroxylation is 1. The van der Waals surface area contributed by atoms with Crippen molar-refractivity contribution in [3.05, 3.63) is 52.1 Å². The van der Waals surface area contributed by atoms with Gasteiger partial charge < -0.3 is 10.2 Å². The minimum atomic E-state index is -0.369. The summed E-state index contributed by atoms with van der Waals surface area (Å²) in [5, 5.41) is 3.54. The topological polar surface area (TPSA) is 58.1 Å². The molecule has 1 N–H and O–H groups in total. The Bertz CT molecular complexity index is 812. The number of fused-ring (bicyclic) bond motifs is 1. The monoisotopic (exact) mass is 376 g/mol. The third-order valence-corrected chi connectivity index (χ3v) is 4.57. The predicted molar refractivity (Wildman–Crippen MR) is 99.6 cm³/mol. The highest BCUT2D eigenvalue weighted by atomic mass is 35.5. The Labute approximate surface area is 157 Å². The van der Waals surface area contributed by atoms with E-state index in [2.05, 4.69) is 15.3 Å². The Balaban J connectivity index is 1.63. The summed E-state index contributed by atoms with van der Waals surface area (Å²) in [5.74, 6) is 0.213. The Morgan fingerprint density at radius 1 is 1.42 bits per heavy atom. The number of carbonyl (C=O) groups excluding carboxylic acids is 1. The molecule has 1 aliphatic heterocycles. The second-order valence-electron chi connectivity index (χ2n) is 6.77. The van der Waals surface area contributed by atoms with Gasteiger partial charge in [-0.1, -0.05) is 17.7 Å². The molecule has 26 heavy (non-hydrogen) atoms. The number of benzene rings is 1. The van der Waals surface area contributed by atoms with Crippen molar-refractivity contribution < 1.29 is 9.18 Å². The van der Waals surface area contributed by atoms with E-state index in [0.29, 0.717) is 36.0 Å². The summed E-state index contributed by atoms with van der Waals surface area (Å²) in [7, 11) is 0. The number of nitrogens with zero attached hydrogens (tertiary/aromatic N) is 3. The lowest BCUT2D eigenvalue weighted by atomic mass is 10.0. The molecule has 0 bridgehead atoms. The summed E-state index contributed by atoms with van der Waals surface area (Å²) >= 11 is 5.76. The maximum atomic E-state index is 13.9. The van der Waals surface area contributed by atoms with Crippen molar-refractivity contribution in [2.24, 2.45) is 0 Å². The number of anilines is 1. The first-order chi connectivity index (χ1) is 12.4. The van der Waals surface area contributed by atoms with E-state index in [-0.39, 0.29) is 24.2 Å². The van der Waals surface area contributed by atoms with Gasteiger partial charge in [-0.25, -0.2) is 14.4 Å². The van der Waals surface area contributed by atoms with Gasteiger partial charge in [-0.2, -0.15) is 0 Å². The van der Waals surface area contributed by atoms with E-state index in [1.165, 1.54) is 6.07 Å². The summed E-state index contributed by atoms with van der Waals surface area (Å²) in [5.41, 5.74) is 2.46. The molecule has 1 amide bonds. The molecule has 0 aliphatic carbocycles. The molecule has 2 heterocycles. The zero-order chi connectivity index (χ0) is 18.7. The van der Waals surface area contributed by atoms with Crippen LogP contribution in [0, 0.1) is 5.82 Å². The number of carbonyl (C=O) groups is 1. The van der Waals surface area contributed by atoms with Gasteiger partial charge in [0.1, 0.15) is 5.82 Å². The molecule has 0 saturated carbocycles. The lowest BCUT2D eigenvalue weighted by Gasteiger charge is -2.28. The van der Waals surface area contributed by atoms with Crippen LogP contribution >= 0.6 is 11.6 Å². The molecule has 1 aromatic heterocycles. The molecule has 0 fully saturated rings. The smallest absolute Gasteiger partial charge is 0.223 e. The van der Waals surface area contributed by atoms with E-state index in [1.807, 2.05) is 20.0 Å². The predicted octanol–water partition coefficient (Wildman–Crippen LogP) is 3.61. The molecule has 3 rings (SSSR count). The van der Waals surface area contributed by atoms with Crippen molar-refractivity contribution in [1.82, 2.24) is 14.9 Å².